The summed E-state index contributed by atoms with van der Waals surface area (Å²) in [5.41, 5.74) is 0.580. The van der Waals surface area contributed by atoms with Gasteiger partial charge in [-0.2, -0.15) is 0 Å². The summed E-state index contributed by atoms with van der Waals surface area (Å²) in [4.78, 5) is 37.4. The van der Waals surface area contributed by atoms with Crippen LogP contribution >= 0.6 is 11.6 Å². The molecule has 150 valence electrons. The minimum absolute atomic E-state index is 0.0201. The van der Waals surface area contributed by atoms with E-state index in [0.29, 0.717) is 16.3 Å². The van der Waals surface area contributed by atoms with Gasteiger partial charge in [0.2, 0.25) is 5.76 Å². The van der Waals surface area contributed by atoms with Crippen LogP contribution in [-0.4, -0.2) is 36.5 Å². The number of furan rings is 1. The Morgan fingerprint density at radius 2 is 2.10 bits per heavy atom. The Kier molecular flexibility index (Phi) is 6.04. The van der Waals surface area contributed by atoms with Crippen LogP contribution in [0.4, 0.5) is 4.79 Å². The van der Waals surface area contributed by atoms with Crippen molar-refractivity contribution in [2.24, 2.45) is 0 Å². The molecule has 1 aromatic heterocycles. The molecule has 29 heavy (non-hydrogen) atoms. The van der Waals surface area contributed by atoms with Gasteiger partial charge in [0, 0.05) is 10.6 Å². The first-order valence-corrected chi connectivity index (χ1v) is 8.85. The van der Waals surface area contributed by atoms with E-state index in [9.17, 15) is 14.4 Å². The molecule has 2 heterocycles. The molecule has 0 atom stereocenters. The highest BCUT2D eigenvalue weighted by Crippen LogP contribution is 2.27. The lowest BCUT2D eigenvalue weighted by atomic mass is 10.1. The van der Waals surface area contributed by atoms with Gasteiger partial charge in [-0.1, -0.05) is 24.3 Å². The number of halogens is 1. The molecule has 0 saturated carbocycles. The molecule has 8 nitrogen and oxygen atoms in total. The fourth-order valence-electron chi connectivity index (χ4n) is 2.61. The highest BCUT2D eigenvalue weighted by molar-refractivity contribution is 6.30. The van der Waals surface area contributed by atoms with Crippen LogP contribution in [0.15, 0.2) is 53.1 Å². The van der Waals surface area contributed by atoms with Gasteiger partial charge >= 0.3 is 12.0 Å². The molecule has 1 aliphatic rings. The Morgan fingerprint density at radius 1 is 1.31 bits per heavy atom. The number of imide groups is 1. The van der Waals surface area contributed by atoms with Gasteiger partial charge in [-0.3, -0.25) is 9.69 Å². The third-order valence-electron chi connectivity index (χ3n) is 3.95. The number of nitrogens with one attached hydrogen (secondary N) is 1. The Hall–Kier alpha value is -3.52. The van der Waals surface area contributed by atoms with Crippen LogP contribution in [0.3, 0.4) is 0 Å². The molecule has 3 amide bonds. The molecule has 1 N–H and O–H groups in total. The average molecular weight is 417 g/mol. The number of esters is 1. The Balaban J connectivity index is 1.82. The zero-order chi connectivity index (χ0) is 21.0. The lowest BCUT2D eigenvalue weighted by molar-refractivity contribution is -0.123. The predicted octanol–water partition coefficient (Wildman–Crippen LogP) is 3.38. The van der Waals surface area contributed by atoms with Crippen LogP contribution in [0, 0.1) is 0 Å². The third kappa shape index (κ3) is 4.49. The second-order valence-electron chi connectivity index (χ2n) is 5.92. The molecule has 1 saturated heterocycles. The van der Waals surface area contributed by atoms with Crippen molar-refractivity contribution in [3.8, 4) is 5.75 Å². The number of rotatable bonds is 7. The molecule has 9 heteroatoms. The summed E-state index contributed by atoms with van der Waals surface area (Å²) in [6.07, 6.45) is 3.06. The number of ether oxygens (including phenoxy) is 2. The van der Waals surface area contributed by atoms with Gasteiger partial charge in [-0.25, -0.2) is 9.59 Å². The maximum Gasteiger partial charge on any atom is 0.373 e. The van der Waals surface area contributed by atoms with Gasteiger partial charge < -0.3 is 19.2 Å². The Morgan fingerprint density at radius 3 is 2.83 bits per heavy atom. The van der Waals surface area contributed by atoms with Crippen LogP contribution in [0.5, 0.6) is 5.75 Å². The molecule has 0 spiro atoms. The smallest absolute Gasteiger partial charge is 0.373 e. The first-order chi connectivity index (χ1) is 13.9. The molecular formula is C20H17ClN2O6. The van der Waals surface area contributed by atoms with Crippen LogP contribution < -0.4 is 10.1 Å². The van der Waals surface area contributed by atoms with E-state index in [1.54, 1.807) is 24.3 Å². The normalized spacial score (nSPS) is 14.8. The number of hydrogen-bond donors (Lipinski definition) is 1. The molecule has 1 aromatic carbocycles. The van der Waals surface area contributed by atoms with Crippen molar-refractivity contribution in [2.45, 2.75) is 6.54 Å². The van der Waals surface area contributed by atoms with Crippen LogP contribution in [0.1, 0.15) is 21.9 Å². The number of urea groups is 1. The molecule has 1 fully saturated rings. The summed E-state index contributed by atoms with van der Waals surface area (Å²) in [5.74, 6) is -0.486. The number of benzene rings is 1. The zero-order valence-electron chi connectivity index (χ0n) is 15.4. The minimum Gasteiger partial charge on any atom is -0.489 e. The number of nitrogens with zero attached hydrogens (tertiary/aromatic N) is 1. The van der Waals surface area contributed by atoms with E-state index in [1.165, 1.54) is 25.3 Å². The van der Waals surface area contributed by atoms with E-state index in [2.05, 4.69) is 16.6 Å². The summed E-state index contributed by atoms with van der Waals surface area (Å²) < 4.78 is 15.4. The van der Waals surface area contributed by atoms with Gasteiger partial charge in [0.1, 0.15) is 23.8 Å². The Labute approximate surface area is 171 Å². The largest absolute Gasteiger partial charge is 0.489 e. The molecule has 3 rings (SSSR count). The second-order valence-corrected chi connectivity index (χ2v) is 6.36. The van der Waals surface area contributed by atoms with Gasteiger partial charge in [0.05, 0.1) is 13.7 Å². The van der Waals surface area contributed by atoms with Crippen molar-refractivity contribution in [1.29, 1.82) is 0 Å². The van der Waals surface area contributed by atoms with Crippen molar-refractivity contribution in [2.75, 3.05) is 13.7 Å². The van der Waals surface area contributed by atoms with Crippen LogP contribution in [0.25, 0.3) is 6.08 Å². The van der Waals surface area contributed by atoms with E-state index >= 15 is 0 Å². The first kappa shape index (κ1) is 20.2. The van der Waals surface area contributed by atoms with Crippen molar-refractivity contribution in [3.05, 3.63) is 70.8 Å². The predicted molar refractivity (Wildman–Crippen MR) is 104 cm³/mol. The lowest BCUT2D eigenvalue weighted by Gasteiger charge is -2.09. The van der Waals surface area contributed by atoms with Gasteiger partial charge in [0.25, 0.3) is 5.91 Å². The fourth-order valence-corrected chi connectivity index (χ4v) is 2.79. The highest BCUT2D eigenvalue weighted by atomic mass is 35.5. The SMILES string of the molecule is C=CCOc1ccc(Cl)cc1/C=C1\NC(=O)N(Cc2ccc(C(=O)OC)o2)C1=O. The van der Waals surface area contributed by atoms with Crippen molar-refractivity contribution in [3.63, 3.8) is 0 Å². The molecule has 0 unspecified atom stereocenters. The van der Waals surface area contributed by atoms with Crippen LogP contribution in [-0.2, 0) is 16.1 Å². The Bertz CT molecular complexity index is 1010. The average Bonchev–Trinajstić information content (AvgIpc) is 3.27. The summed E-state index contributed by atoms with van der Waals surface area (Å²) in [5, 5.41) is 2.96. The van der Waals surface area contributed by atoms with Gasteiger partial charge in [-0.05, 0) is 36.4 Å². The standard InChI is InChI=1S/C20H17ClN2O6/c1-3-8-28-16-6-4-13(21)9-12(16)10-15-18(24)23(20(26)22-15)11-14-5-7-17(29-14)19(25)27-2/h3-7,9-10H,1,8,11H2,2H3,(H,22,26)/b15-10-. The maximum atomic E-state index is 12.7. The number of methoxy groups -OCH3 is 1. The van der Waals surface area contributed by atoms with E-state index in [1.807, 2.05) is 0 Å². The minimum atomic E-state index is -0.651. The molecule has 0 aliphatic carbocycles. The van der Waals surface area contributed by atoms with E-state index in [4.69, 9.17) is 20.8 Å². The molecule has 0 bridgehead atoms. The lowest BCUT2D eigenvalue weighted by Crippen LogP contribution is -2.30. The second kappa shape index (κ2) is 8.66. The van der Waals surface area contributed by atoms with Gasteiger partial charge in [-0.15, -0.1) is 0 Å². The maximum absolute atomic E-state index is 12.7. The van der Waals surface area contributed by atoms with Crippen molar-refractivity contribution >= 4 is 35.6 Å². The molecule has 1 aliphatic heterocycles. The number of carbonyl (C=O) groups is 3. The fraction of sp³-hybridized carbons (Fsp3) is 0.150. The summed E-state index contributed by atoms with van der Waals surface area (Å²) in [6.45, 7) is 3.72. The summed E-state index contributed by atoms with van der Waals surface area (Å²) in [7, 11) is 1.22. The summed E-state index contributed by atoms with van der Waals surface area (Å²) in [6, 6.07) is 7.21. The number of carbonyl (C=O) groups excluding carboxylic acids is 3. The topological polar surface area (TPSA) is 98.1 Å². The summed E-state index contributed by atoms with van der Waals surface area (Å²) >= 11 is 6.04. The monoisotopic (exact) mass is 416 g/mol. The molecular weight excluding hydrogens is 400 g/mol. The van der Waals surface area contributed by atoms with E-state index in [-0.39, 0.29) is 30.4 Å². The van der Waals surface area contributed by atoms with E-state index in [0.717, 1.165) is 4.90 Å². The van der Waals surface area contributed by atoms with Gasteiger partial charge in [0.15, 0.2) is 0 Å². The van der Waals surface area contributed by atoms with Crippen LogP contribution in [0.2, 0.25) is 5.02 Å². The molecule has 2 aromatic rings. The number of amides is 3. The molecule has 0 radical (unpaired) electrons. The first-order valence-electron chi connectivity index (χ1n) is 8.47. The quantitative estimate of drug-likeness (QED) is 0.321. The zero-order valence-corrected chi connectivity index (χ0v) is 16.2. The highest BCUT2D eigenvalue weighted by Gasteiger charge is 2.34. The number of hydrogen-bond acceptors (Lipinski definition) is 6. The van der Waals surface area contributed by atoms with Crippen molar-refractivity contribution < 1.29 is 28.3 Å². The van der Waals surface area contributed by atoms with Crippen molar-refractivity contribution in [1.82, 2.24) is 10.2 Å². The van der Waals surface area contributed by atoms with E-state index < -0.39 is 17.9 Å². The third-order valence-corrected chi connectivity index (χ3v) is 4.19.